The molecule has 1 saturated heterocycles. The predicted octanol–water partition coefficient (Wildman–Crippen LogP) is 1.48. The third-order valence-corrected chi connectivity index (χ3v) is 3.79. The second-order valence-electron chi connectivity index (χ2n) is 5.12. The summed E-state index contributed by atoms with van der Waals surface area (Å²) >= 11 is 0. The molecule has 1 heterocycles. The summed E-state index contributed by atoms with van der Waals surface area (Å²) in [5.41, 5.74) is 1.37. The van der Waals surface area contributed by atoms with Crippen molar-refractivity contribution in [2.45, 2.75) is 25.9 Å². The molecule has 2 rings (SSSR count). The third kappa shape index (κ3) is 3.55. The van der Waals surface area contributed by atoms with Gasteiger partial charge in [0, 0.05) is 25.7 Å². The van der Waals surface area contributed by atoms with Crippen LogP contribution in [0.2, 0.25) is 0 Å². The predicted molar refractivity (Wildman–Crippen MR) is 74.4 cm³/mol. The van der Waals surface area contributed by atoms with Gasteiger partial charge in [0.15, 0.2) is 0 Å². The summed E-state index contributed by atoms with van der Waals surface area (Å²) in [4.78, 5) is 2.48. The lowest BCUT2D eigenvalue weighted by Gasteiger charge is -2.38. The Hall–Kier alpha value is -0.900. The number of piperidine rings is 1. The number of hydrogen-bond acceptors (Lipinski definition) is 3. The highest BCUT2D eigenvalue weighted by Crippen LogP contribution is 2.19. The van der Waals surface area contributed by atoms with Crippen molar-refractivity contribution in [1.82, 2.24) is 10.2 Å². The van der Waals surface area contributed by atoms with E-state index in [-0.39, 0.29) is 0 Å². The molecular formula is C15H24N2O. The molecule has 1 fully saturated rings. The fraction of sp³-hybridized carbons (Fsp3) is 0.600. The van der Waals surface area contributed by atoms with Crippen molar-refractivity contribution in [1.29, 1.82) is 0 Å². The van der Waals surface area contributed by atoms with E-state index in [2.05, 4.69) is 47.5 Å². The summed E-state index contributed by atoms with van der Waals surface area (Å²) < 4.78 is 0. The largest absolute Gasteiger partial charge is 0.396 e. The first-order chi connectivity index (χ1) is 8.83. The van der Waals surface area contributed by atoms with E-state index in [9.17, 15) is 5.11 Å². The molecule has 0 spiro atoms. The van der Waals surface area contributed by atoms with Crippen LogP contribution in [0, 0.1) is 5.92 Å². The first-order valence-electron chi connectivity index (χ1n) is 6.94. The smallest absolute Gasteiger partial charge is 0.0475 e. The lowest BCUT2D eigenvalue weighted by atomic mass is 9.92. The Balaban J connectivity index is 1.91. The quantitative estimate of drug-likeness (QED) is 0.828. The Morgan fingerprint density at radius 3 is 2.78 bits per heavy atom. The third-order valence-electron chi connectivity index (χ3n) is 3.79. The van der Waals surface area contributed by atoms with Crippen molar-refractivity contribution in [3.8, 4) is 0 Å². The molecule has 2 atom stereocenters. The number of likely N-dealkylation sites (N-methyl/N-ethyl adjacent to an activating group) is 1. The lowest BCUT2D eigenvalue weighted by Crippen LogP contribution is -2.51. The van der Waals surface area contributed by atoms with Crippen molar-refractivity contribution >= 4 is 0 Å². The monoisotopic (exact) mass is 248 g/mol. The number of aliphatic hydroxyl groups is 1. The SMILES string of the molecule is CCN[C@@H]1CN(Cc2ccccc2)CC[C@H]1CO. The Kier molecular flexibility index (Phi) is 5.17. The molecule has 1 aromatic rings. The van der Waals surface area contributed by atoms with E-state index in [1.807, 2.05) is 0 Å². The minimum atomic E-state index is 0.302. The molecule has 0 aliphatic carbocycles. The summed E-state index contributed by atoms with van der Waals surface area (Å²) in [6.45, 7) is 6.54. The normalized spacial score (nSPS) is 25.2. The zero-order valence-electron chi connectivity index (χ0n) is 11.2. The van der Waals surface area contributed by atoms with Crippen LogP contribution in [0.3, 0.4) is 0 Å². The summed E-state index contributed by atoms with van der Waals surface area (Å²) in [6, 6.07) is 11.0. The molecule has 0 amide bonds. The topological polar surface area (TPSA) is 35.5 Å². The maximum absolute atomic E-state index is 9.41. The number of benzene rings is 1. The van der Waals surface area contributed by atoms with Gasteiger partial charge in [0.05, 0.1) is 0 Å². The summed E-state index contributed by atoms with van der Waals surface area (Å²) in [5, 5.41) is 12.9. The van der Waals surface area contributed by atoms with Crippen molar-refractivity contribution in [3.05, 3.63) is 35.9 Å². The zero-order chi connectivity index (χ0) is 12.8. The Morgan fingerprint density at radius 1 is 1.33 bits per heavy atom. The molecule has 2 N–H and O–H groups in total. The molecule has 18 heavy (non-hydrogen) atoms. The molecule has 3 nitrogen and oxygen atoms in total. The minimum absolute atomic E-state index is 0.302. The Bertz CT molecular complexity index is 342. The maximum Gasteiger partial charge on any atom is 0.0475 e. The van der Waals surface area contributed by atoms with Crippen LogP contribution < -0.4 is 5.32 Å². The van der Waals surface area contributed by atoms with Crippen LogP contribution in [0.5, 0.6) is 0 Å². The van der Waals surface area contributed by atoms with E-state index < -0.39 is 0 Å². The van der Waals surface area contributed by atoms with Gasteiger partial charge in [0.2, 0.25) is 0 Å². The second-order valence-corrected chi connectivity index (χ2v) is 5.12. The fourth-order valence-electron chi connectivity index (χ4n) is 2.77. The Labute approximate surface area is 110 Å². The number of nitrogens with zero attached hydrogens (tertiary/aromatic N) is 1. The van der Waals surface area contributed by atoms with Gasteiger partial charge in [-0.05, 0) is 31.0 Å². The van der Waals surface area contributed by atoms with Crippen LogP contribution in [0.15, 0.2) is 30.3 Å². The van der Waals surface area contributed by atoms with Crippen LogP contribution in [-0.4, -0.2) is 42.3 Å². The van der Waals surface area contributed by atoms with Crippen molar-refractivity contribution in [3.63, 3.8) is 0 Å². The molecule has 0 radical (unpaired) electrons. The fourth-order valence-corrected chi connectivity index (χ4v) is 2.77. The van der Waals surface area contributed by atoms with Crippen LogP contribution in [0.4, 0.5) is 0 Å². The molecule has 1 aromatic carbocycles. The van der Waals surface area contributed by atoms with E-state index in [0.717, 1.165) is 32.6 Å². The van der Waals surface area contributed by atoms with E-state index in [1.54, 1.807) is 0 Å². The molecule has 0 aromatic heterocycles. The van der Waals surface area contributed by atoms with Crippen LogP contribution >= 0.6 is 0 Å². The summed E-state index contributed by atoms with van der Waals surface area (Å²) in [7, 11) is 0. The van der Waals surface area contributed by atoms with E-state index in [0.29, 0.717) is 18.6 Å². The summed E-state index contributed by atoms with van der Waals surface area (Å²) in [6.07, 6.45) is 1.08. The van der Waals surface area contributed by atoms with Gasteiger partial charge in [-0.2, -0.15) is 0 Å². The lowest BCUT2D eigenvalue weighted by molar-refractivity contribution is 0.0923. The van der Waals surface area contributed by atoms with E-state index >= 15 is 0 Å². The molecule has 0 unspecified atom stereocenters. The van der Waals surface area contributed by atoms with Gasteiger partial charge in [0.25, 0.3) is 0 Å². The van der Waals surface area contributed by atoms with Crippen LogP contribution in [-0.2, 0) is 6.54 Å². The number of likely N-dealkylation sites (tertiary alicyclic amines) is 1. The van der Waals surface area contributed by atoms with Gasteiger partial charge >= 0.3 is 0 Å². The first kappa shape index (κ1) is 13.5. The van der Waals surface area contributed by atoms with Gasteiger partial charge in [-0.25, -0.2) is 0 Å². The standard InChI is InChI=1S/C15H24N2O/c1-2-16-15-11-17(9-8-14(15)12-18)10-13-6-4-3-5-7-13/h3-7,14-16,18H,2,8-12H2,1H3/t14-,15+/m0/s1. The first-order valence-corrected chi connectivity index (χ1v) is 6.94. The van der Waals surface area contributed by atoms with Crippen molar-refractivity contribution in [2.24, 2.45) is 5.92 Å². The Morgan fingerprint density at radius 2 is 2.11 bits per heavy atom. The van der Waals surface area contributed by atoms with Gasteiger partial charge in [-0.15, -0.1) is 0 Å². The zero-order valence-corrected chi connectivity index (χ0v) is 11.2. The molecule has 1 aliphatic rings. The highest BCUT2D eigenvalue weighted by Gasteiger charge is 2.27. The van der Waals surface area contributed by atoms with Gasteiger partial charge in [-0.3, -0.25) is 4.90 Å². The van der Waals surface area contributed by atoms with Crippen LogP contribution in [0.25, 0.3) is 0 Å². The average molecular weight is 248 g/mol. The highest BCUT2D eigenvalue weighted by atomic mass is 16.3. The van der Waals surface area contributed by atoms with Gasteiger partial charge in [0.1, 0.15) is 0 Å². The van der Waals surface area contributed by atoms with Crippen LogP contribution in [0.1, 0.15) is 18.9 Å². The number of nitrogens with one attached hydrogen (secondary N) is 1. The van der Waals surface area contributed by atoms with Crippen molar-refractivity contribution in [2.75, 3.05) is 26.2 Å². The second kappa shape index (κ2) is 6.88. The number of rotatable bonds is 5. The van der Waals surface area contributed by atoms with Gasteiger partial charge in [-0.1, -0.05) is 37.3 Å². The molecule has 1 aliphatic heterocycles. The molecular weight excluding hydrogens is 224 g/mol. The number of hydrogen-bond donors (Lipinski definition) is 2. The van der Waals surface area contributed by atoms with Crippen molar-refractivity contribution < 1.29 is 5.11 Å². The average Bonchev–Trinajstić information content (AvgIpc) is 2.41. The molecule has 0 saturated carbocycles. The van der Waals surface area contributed by atoms with E-state index in [4.69, 9.17) is 0 Å². The van der Waals surface area contributed by atoms with E-state index in [1.165, 1.54) is 5.56 Å². The van der Waals surface area contributed by atoms with Gasteiger partial charge < -0.3 is 10.4 Å². The molecule has 100 valence electrons. The maximum atomic E-state index is 9.41. The minimum Gasteiger partial charge on any atom is -0.396 e. The molecule has 0 bridgehead atoms. The molecule has 3 heteroatoms. The highest BCUT2D eigenvalue weighted by molar-refractivity contribution is 5.14. The number of aliphatic hydroxyl groups excluding tert-OH is 1. The summed E-state index contributed by atoms with van der Waals surface area (Å²) in [5.74, 6) is 0.414.